The van der Waals surface area contributed by atoms with Crippen LogP contribution in [0.2, 0.25) is 0 Å². The molecule has 7 heteroatoms. The van der Waals surface area contributed by atoms with Crippen molar-refractivity contribution in [1.29, 1.82) is 0 Å². The number of thiol groups is 1. The zero-order valence-corrected chi connectivity index (χ0v) is 11.8. The largest absolute Gasteiger partial charge is 0.435 e. The molecule has 1 aliphatic rings. The number of nitrogens with zero attached hydrogens (tertiary/aromatic N) is 2. The van der Waals surface area contributed by atoms with Gasteiger partial charge in [0.25, 0.3) is 5.91 Å². The van der Waals surface area contributed by atoms with Crippen LogP contribution in [-0.4, -0.2) is 22.1 Å². The van der Waals surface area contributed by atoms with Gasteiger partial charge in [-0.1, -0.05) is 0 Å². The van der Waals surface area contributed by atoms with Crippen LogP contribution >= 0.6 is 12.6 Å². The number of benzene rings is 1. The third kappa shape index (κ3) is 2.65. The molecule has 0 aliphatic heterocycles. The number of fused-ring (bicyclic) bond motifs is 1. The average molecular weight is 310 g/mol. The minimum absolute atomic E-state index is 0.0171. The minimum Gasteiger partial charge on any atom is -0.435 e. The van der Waals surface area contributed by atoms with Crippen molar-refractivity contribution in [1.82, 2.24) is 9.55 Å². The Hall–Kier alpha value is -1.89. The number of alkyl halides is 2. The SMILES string of the molecule is O=C(c1ccc(OC(F)F)cc1)n1c(S)nc2c1CCC2. The highest BCUT2D eigenvalue weighted by Gasteiger charge is 2.24. The Balaban J connectivity index is 1.89. The summed E-state index contributed by atoms with van der Waals surface area (Å²) in [4.78, 5) is 16.8. The van der Waals surface area contributed by atoms with Gasteiger partial charge in [0, 0.05) is 11.3 Å². The predicted molar refractivity (Wildman–Crippen MR) is 74.3 cm³/mol. The van der Waals surface area contributed by atoms with E-state index in [1.54, 1.807) is 0 Å². The first-order valence-corrected chi connectivity index (χ1v) is 6.90. The third-order valence-corrected chi connectivity index (χ3v) is 3.69. The molecule has 1 aliphatic carbocycles. The first-order chi connectivity index (χ1) is 10.1. The molecule has 0 radical (unpaired) electrons. The lowest BCUT2D eigenvalue weighted by Crippen LogP contribution is -2.15. The second kappa shape index (κ2) is 5.48. The maximum atomic E-state index is 12.5. The molecule has 0 saturated heterocycles. The van der Waals surface area contributed by atoms with E-state index >= 15 is 0 Å². The molecule has 0 atom stereocenters. The number of rotatable bonds is 3. The molecule has 21 heavy (non-hydrogen) atoms. The number of aryl methyl sites for hydroxylation is 1. The average Bonchev–Trinajstić information content (AvgIpc) is 2.98. The molecule has 0 fully saturated rings. The van der Waals surface area contributed by atoms with Gasteiger partial charge in [-0.3, -0.25) is 9.36 Å². The van der Waals surface area contributed by atoms with E-state index in [2.05, 4.69) is 22.3 Å². The molecule has 0 spiro atoms. The van der Waals surface area contributed by atoms with E-state index in [1.807, 2.05) is 0 Å². The summed E-state index contributed by atoms with van der Waals surface area (Å²) in [6, 6.07) is 5.59. The molecule has 0 N–H and O–H groups in total. The highest BCUT2D eigenvalue weighted by molar-refractivity contribution is 7.80. The van der Waals surface area contributed by atoms with E-state index in [1.165, 1.54) is 28.8 Å². The van der Waals surface area contributed by atoms with Crippen molar-refractivity contribution in [2.24, 2.45) is 0 Å². The number of carbonyl (C=O) groups excluding carboxylic acids is 1. The second-order valence-corrected chi connectivity index (χ2v) is 5.10. The van der Waals surface area contributed by atoms with Crippen LogP contribution < -0.4 is 4.74 Å². The lowest BCUT2D eigenvalue weighted by atomic mass is 10.2. The van der Waals surface area contributed by atoms with E-state index in [0.29, 0.717) is 10.7 Å². The van der Waals surface area contributed by atoms with Crippen molar-refractivity contribution in [3.05, 3.63) is 41.2 Å². The maximum Gasteiger partial charge on any atom is 0.387 e. The van der Waals surface area contributed by atoms with E-state index < -0.39 is 6.61 Å². The normalized spacial score (nSPS) is 13.5. The van der Waals surface area contributed by atoms with Crippen molar-refractivity contribution in [3.63, 3.8) is 0 Å². The fourth-order valence-electron chi connectivity index (χ4n) is 2.49. The van der Waals surface area contributed by atoms with Crippen molar-refractivity contribution in [2.45, 2.75) is 31.0 Å². The Kier molecular flexibility index (Phi) is 3.67. The molecule has 3 rings (SSSR count). The highest BCUT2D eigenvalue weighted by atomic mass is 32.1. The Morgan fingerprint density at radius 2 is 2.00 bits per heavy atom. The van der Waals surface area contributed by atoms with Gasteiger partial charge in [0.1, 0.15) is 5.75 Å². The van der Waals surface area contributed by atoms with Gasteiger partial charge in [0.05, 0.1) is 5.69 Å². The first kappa shape index (κ1) is 14.1. The molecule has 1 aromatic carbocycles. The van der Waals surface area contributed by atoms with Gasteiger partial charge in [-0.25, -0.2) is 4.98 Å². The standard InChI is InChI=1S/C14H12F2N2O2S/c15-13(16)20-9-6-4-8(5-7-9)12(19)18-11-3-1-2-10(11)17-14(18)21/h4-7,13H,1-3H2,(H,17,21). The highest BCUT2D eigenvalue weighted by Crippen LogP contribution is 2.26. The van der Waals surface area contributed by atoms with Crippen LogP contribution in [0.4, 0.5) is 8.78 Å². The zero-order valence-electron chi connectivity index (χ0n) is 10.9. The Labute approximate surface area is 125 Å². The molecule has 110 valence electrons. The van der Waals surface area contributed by atoms with Crippen molar-refractivity contribution in [2.75, 3.05) is 0 Å². The van der Waals surface area contributed by atoms with Crippen LogP contribution in [0.3, 0.4) is 0 Å². The summed E-state index contributed by atoms with van der Waals surface area (Å²) in [5.41, 5.74) is 2.17. The molecule has 2 aromatic rings. The van der Waals surface area contributed by atoms with Gasteiger partial charge in [0.15, 0.2) is 5.16 Å². The van der Waals surface area contributed by atoms with Crippen LogP contribution in [0.5, 0.6) is 5.75 Å². The summed E-state index contributed by atoms with van der Waals surface area (Å²) in [6.07, 6.45) is 2.62. The third-order valence-electron chi connectivity index (χ3n) is 3.39. The van der Waals surface area contributed by atoms with Crippen LogP contribution in [0, 0.1) is 0 Å². The van der Waals surface area contributed by atoms with Gasteiger partial charge in [-0.2, -0.15) is 8.78 Å². The smallest absolute Gasteiger partial charge is 0.387 e. The van der Waals surface area contributed by atoms with E-state index in [4.69, 9.17) is 0 Å². The van der Waals surface area contributed by atoms with Gasteiger partial charge >= 0.3 is 6.61 Å². The Bertz CT molecular complexity index is 683. The number of carbonyl (C=O) groups is 1. The summed E-state index contributed by atoms with van der Waals surface area (Å²) >= 11 is 4.24. The van der Waals surface area contributed by atoms with Gasteiger partial charge < -0.3 is 4.74 Å². The van der Waals surface area contributed by atoms with E-state index in [9.17, 15) is 13.6 Å². The molecular formula is C14H12F2N2O2S. The number of halogens is 2. The van der Waals surface area contributed by atoms with Gasteiger partial charge in [-0.05, 0) is 43.5 Å². The lowest BCUT2D eigenvalue weighted by Gasteiger charge is -2.08. The molecule has 0 saturated carbocycles. The number of hydrogen-bond donors (Lipinski definition) is 1. The van der Waals surface area contributed by atoms with Crippen LogP contribution in [0.25, 0.3) is 0 Å². The van der Waals surface area contributed by atoms with Crippen LogP contribution in [0.1, 0.15) is 28.2 Å². The number of imidazole rings is 1. The molecule has 0 unspecified atom stereocenters. The Morgan fingerprint density at radius 1 is 1.29 bits per heavy atom. The fourth-order valence-corrected chi connectivity index (χ4v) is 2.82. The predicted octanol–water partition coefficient (Wildman–Crippen LogP) is 2.95. The molecular weight excluding hydrogens is 298 g/mol. The van der Waals surface area contributed by atoms with Crippen molar-refractivity contribution in [3.8, 4) is 5.75 Å². The molecule has 4 nitrogen and oxygen atoms in total. The molecule has 1 heterocycles. The van der Waals surface area contributed by atoms with Crippen LogP contribution in [-0.2, 0) is 12.8 Å². The lowest BCUT2D eigenvalue weighted by molar-refractivity contribution is -0.0498. The second-order valence-electron chi connectivity index (χ2n) is 4.70. The maximum absolute atomic E-state index is 12.5. The minimum atomic E-state index is -2.88. The number of hydrogen-bond acceptors (Lipinski definition) is 4. The van der Waals surface area contributed by atoms with Gasteiger partial charge in [0.2, 0.25) is 0 Å². The topological polar surface area (TPSA) is 44.1 Å². The van der Waals surface area contributed by atoms with Gasteiger partial charge in [-0.15, -0.1) is 12.6 Å². The summed E-state index contributed by atoms with van der Waals surface area (Å²) in [6.45, 7) is -2.88. The fraction of sp³-hybridized carbons (Fsp3) is 0.286. The number of ether oxygens (including phenoxy) is 1. The summed E-state index contributed by atoms with van der Waals surface area (Å²) in [5, 5.41) is 0.359. The molecule has 1 aromatic heterocycles. The summed E-state index contributed by atoms with van der Waals surface area (Å²) < 4.78 is 29.9. The van der Waals surface area contributed by atoms with Crippen molar-refractivity contribution >= 4 is 18.5 Å². The van der Waals surface area contributed by atoms with E-state index in [-0.39, 0.29) is 11.7 Å². The quantitative estimate of drug-likeness (QED) is 0.887. The molecule has 0 bridgehead atoms. The monoisotopic (exact) mass is 310 g/mol. The first-order valence-electron chi connectivity index (χ1n) is 6.45. The van der Waals surface area contributed by atoms with Crippen LogP contribution in [0.15, 0.2) is 29.4 Å². The van der Waals surface area contributed by atoms with Crippen molar-refractivity contribution < 1.29 is 18.3 Å². The molecule has 0 amide bonds. The van der Waals surface area contributed by atoms with E-state index in [0.717, 1.165) is 30.7 Å². The number of aromatic nitrogens is 2. The summed E-state index contributed by atoms with van der Waals surface area (Å²) in [5.74, 6) is -0.247. The Morgan fingerprint density at radius 3 is 2.67 bits per heavy atom. The zero-order chi connectivity index (χ0) is 15.0. The summed E-state index contributed by atoms with van der Waals surface area (Å²) in [7, 11) is 0.